The van der Waals surface area contributed by atoms with Gasteiger partial charge in [-0.3, -0.25) is 4.79 Å². The molecule has 0 aromatic carbocycles. The second kappa shape index (κ2) is 6.05. The molecule has 0 aliphatic heterocycles. The summed E-state index contributed by atoms with van der Waals surface area (Å²) in [5.74, 6) is 0.709. The summed E-state index contributed by atoms with van der Waals surface area (Å²) in [4.78, 5) is 15.5. The zero-order chi connectivity index (χ0) is 13.7. The normalized spacial score (nSPS) is 13.6. The fourth-order valence-electron chi connectivity index (χ4n) is 1.65. The molecule has 1 heterocycles. The molecular weight excluding hydrogens is 242 g/mol. The Balaban J connectivity index is 1.70. The van der Waals surface area contributed by atoms with Gasteiger partial charge >= 0.3 is 0 Å². The number of nitrogens with one attached hydrogen (secondary N) is 2. The van der Waals surface area contributed by atoms with Crippen LogP contribution in [-0.4, -0.2) is 23.5 Å². The molecule has 0 bridgehead atoms. The molecule has 0 spiro atoms. The number of nitrogens with zero attached hydrogens (tertiary/aromatic N) is 2. The minimum atomic E-state index is 0.104. The van der Waals surface area contributed by atoms with Crippen molar-refractivity contribution in [3.8, 4) is 6.07 Å². The molecule has 0 saturated heterocycles. The number of carbonyl (C=O) groups is 1. The first-order chi connectivity index (χ1) is 9.19. The fourth-order valence-corrected chi connectivity index (χ4v) is 1.65. The summed E-state index contributed by atoms with van der Waals surface area (Å²) in [6, 6.07) is 5.72. The molecule has 1 aliphatic carbocycles. The van der Waals surface area contributed by atoms with Gasteiger partial charge in [-0.1, -0.05) is 0 Å². The van der Waals surface area contributed by atoms with E-state index in [4.69, 9.17) is 11.0 Å². The third-order valence-electron chi connectivity index (χ3n) is 2.86. The minimum absolute atomic E-state index is 0.104. The fraction of sp³-hybridized carbons (Fsp3) is 0.462. The number of pyridine rings is 1. The lowest BCUT2D eigenvalue weighted by Crippen LogP contribution is -2.25. The van der Waals surface area contributed by atoms with Crippen LogP contribution in [0.5, 0.6) is 0 Å². The van der Waals surface area contributed by atoms with E-state index >= 15 is 0 Å². The van der Waals surface area contributed by atoms with Gasteiger partial charge in [0.2, 0.25) is 5.91 Å². The van der Waals surface area contributed by atoms with E-state index in [1.54, 1.807) is 12.1 Å². The number of hydrogen-bond donors (Lipinski definition) is 3. The summed E-state index contributed by atoms with van der Waals surface area (Å²) in [7, 11) is 0. The average molecular weight is 259 g/mol. The quantitative estimate of drug-likeness (QED) is 0.661. The first-order valence-corrected chi connectivity index (χ1v) is 6.39. The molecule has 1 amide bonds. The molecule has 0 unspecified atom stereocenters. The number of amides is 1. The number of nitrogen functional groups attached to an aromatic ring is 1. The average Bonchev–Trinajstić information content (AvgIpc) is 3.20. The monoisotopic (exact) mass is 259 g/mol. The lowest BCUT2D eigenvalue weighted by Gasteiger charge is -2.07. The van der Waals surface area contributed by atoms with Gasteiger partial charge < -0.3 is 16.4 Å². The van der Waals surface area contributed by atoms with Gasteiger partial charge in [-0.15, -0.1) is 0 Å². The number of aromatic nitrogens is 1. The molecule has 6 nitrogen and oxygen atoms in total. The van der Waals surface area contributed by atoms with Gasteiger partial charge in [0.1, 0.15) is 11.9 Å². The number of nitrogens with two attached hydrogens (primary N) is 1. The van der Waals surface area contributed by atoms with E-state index in [0.717, 1.165) is 19.3 Å². The number of anilines is 2. The molecule has 100 valence electrons. The Morgan fingerprint density at radius 3 is 3.00 bits per heavy atom. The summed E-state index contributed by atoms with van der Waals surface area (Å²) in [6.07, 6.45) is 3.45. The highest BCUT2D eigenvalue weighted by atomic mass is 16.1. The molecular formula is C13H17N5O. The van der Waals surface area contributed by atoms with Crippen LogP contribution in [0.2, 0.25) is 0 Å². The van der Waals surface area contributed by atoms with Crippen LogP contribution in [0, 0.1) is 11.3 Å². The van der Waals surface area contributed by atoms with Crippen LogP contribution in [0.3, 0.4) is 0 Å². The topological polar surface area (TPSA) is 104 Å². The number of nitriles is 1. The van der Waals surface area contributed by atoms with Crippen LogP contribution in [0.15, 0.2) is 12.1 Å². The van der Waals surface area contributed by atoms with E-state index in [1.807, 2.05) is 6.07 Å². The summed E-state index contributed by atoms with van der Waals surface area (Å²) in [6.45, 7) is 0.639. The maximum atomic E-state index is 11.4. The van der Waals surface area contributed by atoms with Gasteiger partial charge in [-0.2, -0.15) is 5.26 Å². The number of rotatable bonds is 6. The molecule has 1 aromatic rings. The van der Waals surface area contributed by atoms with Crippen LogP contribution in [0.25, 0.3) is 0 Å². The van der Waals surface area contributed by atoms with Crippen molar-refractivity contribution in [2.75, 3.05) is 17.6 Å². The molecule has 0 atom stereocenters. The zero-order valence-electron chi connectivity index (χ0n) is 10.6. The zero-order valence-corrected chi connectivity index (χ0v) is 10.6. The SMILES string of the molecule is N#Cc1nc(NCCCC(=O)NC2CC2)ccc1N. The first kappa shape index (κ1) is 13.1. The first-order valence-electron chi connectivity index (χ1n) is 6.39. The molecule has 4 N–H and O–H groups in total. The van der Waals surface area contributed by atoms with Crippen molar-refractivity contribution in [2.45, 2.75) is 31.7 Å². The minimum Gasteiger partial charge on any atom is -0.396 e. The summed E-state index contributed by atoms with van der Waals surface area (Å²) in [5, 5.41) is 14.8. The van der Waals surface area contributed by atoms with E-state index in [0.29, 0.717) is 30.5 Å². The molecule has 0 radical (unpaired) electrons. The Morgan fingerprint density at radius 2 is 2.32 bits per heavy atom. The second-order valence-corrected chi connectivity index (χ2v) is 4.62. The van der Waals surface area contributed by atoms with Gasteiger partial charge in [-0.05, 0) is 31.4 Å². The molecule has 6 heteroatoms. The van der Waals surface area contributed by atoms with Crippen LogP contribution >= 0.6 is 0 Å². The van der Waals surface area contributed by atoms with Crippen LogP contribution in [-0.2, 0) is 4.79 Å². The Kier molecular flexibility index (Phi) is 4.18. The number of carbonyl (C=O) groups excluding carboxylic acids is 1. The molecule has 1 aromatic heterocycles. The van der Waals surface area contributed by atoms with Crippen LogP contribution in [0.4, 0.5) is 11.5 Å². The second-order valence-electron chi connectivity index (χ2n) is 4.62. The summed E-state index contributed by atoms with van der Waals surface area (Å²) < 4.78 is 0. The van der Waals surface area contributed by atoms with E-state index < -0.39 is 0 Å². The highest BCUT2D eigenvalue weighted by Crippen LogP contribution is 2.18. The van der Waals surface area contributed by atoms with E-state index in [9.17, 15) is 4.79 Å². The van der Waals surface area contributed by atoms with Crippen LogP contribution in [0.1, 0.15) is 31.4 Å². The van der Waals surface area contributed by atoms with Crippen molar-refractivity contribution < 1.29 is 4.79 Å². The Morgan fingerprint density at radius 1 is 1.53 bits per heavy atom. The number of hydrogen-bond acceptors (Lipinski definition) is 5. The molecule has 1 aliphatic rings. The summed E-state index contributed by atoms with van der Waals surface area (Å²) in [5.41, 5.74) is 6.17. The van der Waals surface area contributed by atoms with Crippen molar-refractivity contribution in [3.05, 3.63) is 17.8 Å². The van der Waals surface area contributed by atoms with Crippen molar-refractivity contribution >= 4 is 17.4 Å². The molecule has 19 heavy (non-hydrogen) atoms. The maximum absolute atomic E-state index is 11.4. The van der Waals surface area contributed by atoms with Gasteiger partial charge in [0.15, 0.2) is 5.69 Å². The highest BCUT2D eigenvalue weighted by Gasteiger charge is 2.22. The third kappa shape index (κ3) is 4.14. The predicted octanol–water partition coefficient (Wildman–Crippen LogP) is 1.01. The summed E-state index contributed by atoms with van der Waals surface area (Å²) >= 11 is 0. The predicted molar refractivity (Wildman–Crippen MR) is 72.3 cm³/mol. The van der Waals surface area contributed by atoms with E-state index in [-0.39, 0.29) is 11.6 Å². The third-order valence-corrected chi connectivity index (χ3v) is 2.86. The van der Waals surface area contributed by atoms with Gasteiger partial charge in [0.05, 0.1) is 5.69 Å². The molecule has 1 saturated carbocycles. The van der Waals surface area contributed by atoms with Gasteiger partial charge in [-0.25, -0.2) is 4.98 Å². The Hall–Kier alpha value is -2.29. The van der Waals surface area contributed by atoms with Crippen LogP contribution < -0.4 is 16.4 Å². The van der Waals surface area contributed by atoms with E-state index in [2.05, 4.69) is 15.6 Å². The Bertz CT molecular complexity index is 504. The largest absolute Gasteiger partial charge is 0.396 e. The molecule has 2 rings (SSSR count). The Labute approximate surface area is 112 Å². The maximum Gasteiger partial charge on any atom is 0.220 e. The standard InChI is InChI=1S/C13H17N5O/c14-8-11-10(15)5-6-12(18-11)16-7-1-2-13(19)17-9-3-4-9/h5-6,9H,1-4,7,15H2,(H,16,18)(H,17,19). The molecule has 1 fully saturated rings. The van der Waals surface area contributed by atoms with Gasteiger partial charge in [0.25, 0.3) is 0 Å². The van der Waals surface area contributed by atoms with Crippen molar-refractivity contribution in [1.29, 1.82) is 5.26 Å². The van der Waals surface area contributed by atoms with Gasteiger partial charge in [0, 0.05) is 19.0 Å². The van der Waals surface area contributed by atoms with Crippen molar-refractivity contribution in [1.82, 2.24) is 10.3 Å². The highest BCUT2D eigenvalue weighted by molar-refractivity contribution is 5.76. The van der Waals surface area contributed by atoms with E-state index in [1.165, 1.54) is 0 Å². The lowest BCUT2D eigenvalue weighted by molar-refractivity contribution is -0.121. The van der Waals surface area contributed by atoms with Crippen molar-refractivity contribution in [2.24, 2.45) is 0 Å². The smallest absolute Gasteiger partial charge is 0.220 e. The van der Waals surface area contributed by atoms with Crippen molar-refractivity contribution in [3.63, 3.8) is 0 Å². The lowest BCUT2D eigenvalue weighted by atomic mass is 10.3.